The third kappa shape index (κ3) is 3.37. The van der Waals surface area contributed by atoms with Gasteiger partial charge in [0.25, 0.3) is 0 Å². The monoisotopic (exact) mass is 293 g/mol. The Morgan fingerprint density at radius 2 is 2.00 bits per heavy atom. The van der Waals surface area contributed by atoms with E-state index in [-0.39, 0.29) is 10.0 Å². The minimum Gasteiger partial charge on any atom is -0.366 e. The predicted molar refractivity (Wildman–Crippen MR) is 57.4 cm³/mol. The highest BCUT2D eigenvalue weighted by atomic mass is 79.9. The summed E-state index contributed by atoms with van der Waals surface area (Å²) < 4.78 is 37.4. The van der Waals surface area contributed by atoms with Crippen molar-refractivity contribution in [3.63, 3.8) is 0 Å². The molecule has 2 nitrogen and oxygen atoms in total. The van der Waals surface area contributed by atoms with E-state index in [1.807, 2.05) is 0 Å². The standard InChI is InChI=1S/C10H7BrF3NO/c11-8-3-1-6(2-4-9(15)16)5-7(8)10(12,13)14/h1-5H,(H2,15,16). The molecule has 0 aliphatic carbocycles. The maximum atomic E-state index is 12.5. The molecular formula is C10H7BrF3NO. The first-order chi connectivity index (χ1) is 7.30. The molecule has 0 saturated carbocycles. The van der Waals surface area contributed by atoms with Gasteiger partial charge in [0.05, 0.1) is 5.56 Å². The van der Waals surface area contributed by atoms with Crippen LogP contribution < -0.4 is 5.73 Å². The molecule has 0 radical (unpaired) electrons. The minimum absolute atomic E-state index is 0.0452. The molecule has 0 bridgehead atoms. The fraction of sp³-hybridized carbons (Fsp3) is 0.100. The lowest BCUT2D eigenvalue weighted by Gasteiger charge is -2.09. The van der Waals surface area contributed by atoms with Crippen molar-refractivity contribution in [2.45, 2.75) is 6.18 Å². The molecule has 0 fully saturated rings. The number of hydrogen-bond donors (Lipinski definition) is 1. The molecular weight excluding hydrogens is 287 g/mol. The summed E-state index contributed by atoms with van der Waals surface area (Å²) in [6.07, 6.45) is -2.21. The number of benzene rings is 1. The largest absolute Gasteiger partial charge is 0.417 e. The van der Waals surface area contributed by atoms with Gasteiger partial charge in [-0.05, 0) is 23.8 Å². The summed E-state index contributed by atoms with van der Waals surface area (Å²) in [5, 5.41) is 0. The molecule has 16 heavy (non-hydrogen) atoms. The summed E-state index contributed by atoms with van der Waals surface area (Å²) in [5.74, 6) is -0.712. The number of nitrogens with two attached hydrogens (primary N) is 1. The van der Waals surface area contributed by atoms with Crippen LogP contribution in [0.15, 0.2) is 28.7 Å². The highest BCUT2D eigenvalue weighted by molar-refractivity contribution is 9.10. The lowest BCUT2D eigenvalue weighted by atomic mass is 10.1. The van der Waals surface area contributed by atoms with Gasteiger partial charge in [0.1, 0.15) is 0 Å². The minimum atomic E-state index is -4.44. The first-order valence-electron chi connectivity index (χ1n) is 4.15. The van der Waals surface area contributed by atoms with Crippen molar-refractivity contribution < 1.29 is 18.0 Å². The van der Waals surface area contributed by atoms with Gasteiger partial charge < -0.3 is 5.73 Å². The number of halogens is 4. The molecule has 0 aliphatic heterocycles. The average molecular weight is 294 g/mol. The van der Waals surface area contributed by atoms with Gasteiger partial charge in [0.15, 0.2) is 0 Å². The van der Waals surface area contributed by atoms with Gasteiger partial charge in [-0.15, -0.1) is 0 Å². The molecule has 0 aromatic heterocycles. The van der Waals surface area contributed by atoms with E-state index >= 15 is 0 Å². The lowest BCUT2D eigenvalue weighted by Crippen LogP contribution is -2.07. The zero-order valence-electron chi connectivity index (χ0n) is 7.88. The summed E-state index contributed by atoms with van der Waals surface area (Å²) in [5.41, 5.74) is 4.30. The van der Waals surface area contributed by atoms with E-state index in [2.05, 4.69) is 15.9 Å². The van der Waals surface area contributed by atoms with Gasteiger partial charge >= 0.3 is 6.18 Å². The Kier molecular flexibility index (Phi) is 3.74. The second kappa shape index (κ2) is 4.69. The smallest absolute Gasteiger partial charge is 0.366 e. The number of primary amides is 1. The maximum absolute atomic E-state index is 12.5. The van der Waals surface area contributed by atoms with E-state index < -0.39 is 17.6 Å². The van der Waals surface area contributed by atoms with Gasteiger partial charge in [-0.1, -0.05) is 22.0 Å². The third-order valence-electron chi connectivity index (χ3n) is 1.74. The van der Waals surface area contributed by atoms with E-state index in [0.717, 1.165) is 12.1 Å². The van der Waals surface area contributed by atoms with Crippen molar-refractivity contribution in [2.75, 3.05) is 0 Å². The highest BCUT2D eigenvalue weighted by Crippen LogP contribution is 2.35. The fourth-order valence-electron chi connectivity index (χ4n) is 1.04. The third-order valence-corrected chi connectivity index (χ3v) is 2.43. The second-order valence-corrected chi connectivity index (χ2v) is 3.83. The molecule has 0 spiro atoms. The molecule has 2 N–H and O–H groups in total. The van der Waals surface area contributed by atoms with Crippen molar-refractivity contribution >= 4 is 27.9 Å². The van der Waals surface area contributed by atoms with E-state index in [1.54, 1.807) is 0 Å². The SMILES string of the molecule is NC(=O)C=Cc1ccc(Br)c(C(F)(F)F)c1. The number of hydrogen-bond acceptors (Lipinski definition) is 1. The van der Waals surface area contributed by atoms with Crippen LogP contribution in [0.5, 0.6) is 0 Å². The van der Waals surface area contributed by atoms with Crippen molar-refractivity contribution in [2.24, 2.45) is 5.73 Å². The molecule has 1 rings (SSSR count). The Bertz CT molecular complexity index is 440. The lowest BCUT2D eigenvalue weighted by molar-refractivity contribution is -0.138. The van der Waals surface area contributed by atoms with Crippen LogP contribution in [-0.4, -0.2) is 5.91 Å². The topological polar surface area (TPSA) is 43.1 Å². The van der Waals surface area contributed by atoms with Crippen molar-refractivity contribution in [3.8, 4) is 0 Å². The molecule has 6 heteroatoms. The maximum Gasteiger partial charge on any atom is 0.417 e. The molecule has 0 heterocycles. The molecule has 1 aromatic rings. The van der Waals surface area contributed by atoms with Crippen molar-refractivity contribution in [1.82, 2.24) is 0 Å². The zero-order valence-corrected chi connectivity index (χ0v) is 9.47. The van der Waals surface area contributed by atoms with Gasteiger partial charge in [-0.3, -0.25) is 4.79 Å². The molecule has 1 aromatic carbocycles. The molecule has 0 atom stereocenters. The summed E-state index contributed by atoms with van der Waals surface area (Å²) in [6.45, 7) is 0. The van der Waals surface area contributed by atoms with Gasteiger partial charge in [-0.2, -0.15) is 13.2 Å². The molecule has 0 unspecified atom stereocenters. The van der Waals surface area contributed by atoms with Crippen LogP contribution in [0.2, 0.25) is 0 Å². The number of alkyl halides is 3. The summed E-state index contributed by atoms with van der Waals surface area (Å²) in [4.78, 5) is 10.4. The quantitative estimate of drug-likeness (QED) is 0.837. The van der Waals surface area contributed by atoms with Crippen LogP contribution >= 0.6 is 15.9 Å². The average Bonchev–Trinajstić information content (AvgIpc) is 2.14. The Morgan fingerprint density at radius 3 is 2.50 bits per heavy atom. The van der Waals surface area contributed by atoms with Gasteiger partial charge in [0, 0.05) is 10.5 Å². The van der Waals surface area contributed by atoms with Crippen molar-refractivity contribution in [3.05, 3.63) is 39.9 Å². The van der Waals surface area contributed by atoms with Crippen LogP contribution in [0.25, 0.3) is 6.08 Å². The Labute approximate surface area is 98.1 Å². The summed E-state index contributed by atoms with van der Waals surface area (Å²) in [6, 6.07) is 3.64. The number of amides is 1. The first kappa shape index (κ1) is 12.8. The van der Waals surface area contributed by atoms with Crippen LogP contribution in [0.1, 0.15) is 11.1 Å². The van der Waals surface area contributed by atoms with Crippen LogP contribution in [0.4, 0.5) is 13.2 Å². The Balaban J connectivity index is 3.13. The predicted octanol–water partition coefficient (Wildman–Crippen LogP) is 2.97. The van der Waals surface area contributed by atoms with E-state index in [0.29, 0.717) is 0 Å². The molecule has 86 valence electrons. The van der Waals surface area contributed by atoms with Gasteiger partial charge in [0.2, 0.25) is 5.91 Å². The number of carbonyl (C=O) groups is 1. The van der Waals surface area contributed by atoms with E-state index in [1.165, 1.54) is 18.2 Å². The number of carbonyl (C=O) groups excluding carboxylic acids is 1. The molecule has 0 aliphatic rings. The zero-order chi connectivity index (χ0) is 12.3. The number of rotatable bonds is 2. The normalized spacial score (nSPS) is 12.0. The fourth-order valence-corrected chi connectivity index (χ4v) is 1.51. The van der Waals surface area contributed by atoms with Crippen LogP contribution in [0.3, 0.4) is 0 Å². The summed E-state index contributed by atoms with van der Waals surface area (Å²) >= 11 is 2.81. The van der Waals surface area contributed by atoms with E-state index in [9.17, 15) is 18.0 Å². The van der Waals surface area contributed by atoms with Crippen LogP contribution in [0, 0.1) is 0 Å². The van der Waals surface area contributed by atoms with Gasteiger partial charge in [-0.25, -0.2) is 0 Å². The molecule has 1 amide bonds. The summed E-state index contributed by atoms with van der Waals surface area (Å²) in [7, 11) is 0. The second-order valence-electron chi connectivity index (χ2n) is 2.97. The Hall–Kier alpha value is -1.30. The van der Waals surface area contributed by atoms with Crippen molar-refractivity contribution in [1.29, 1.82) is 0 Å². The van der Waals surface area contributed by atoms with Crippen LogP contribution in [-0.2, 0) is 11.0 Å². The highest BCUT2D eigenvalue weighted by Gasteiger charge is 2.32. The molecule has 0 saturated heterocycles. The van der Waals surface area contributed by atoms with E-state index in [4.69, 9.17) is 5.73 Å². The Morgan fingerprint density at radius 1 is 1.38 bits per heavy atom. The first-order valence-corrected chi connectivity index (χ1v) is 4.94.